The Morgan fingerprint density at radius 1 is 1.34 bits per heavy atom. The Balaban J connectivity index is 1.77. The number of carbonyl (C=O) groups excluding carboxylic acids is 1. The average molecular weight is 439 g/mol. The topological polar surface area (TPSA) is 84.6 Å². The Morgan fingerprint density at radius 3 is 2.88 bits per heavy atom. The Kier molecular flexibility index (Phi) is 6.31. The van der Waals surface area contributed by atoms with Crippen LogP contribution in [-0.4, -0.2) is 21.6 Å². The van der Waals surface area contributed by atoms with E-state index in [4.69, 9.17) is 9.15 Å². The molecule has 0 bridgehead atoms. The zero-order chi connectivity index (χ0) is 22.9. The van der Waals surface area contributed by atoms with Crippen molar-refractivity contribution in [2.24, 2.45) is 5.92 Å². The molecule has 1 aromatic heterocycles. The van der Waals surface area contributed by atoms with Crippen LogP contribution in [0.2, 0.25) is 0 Å². The van der Waals surface area contributed by atoms with Gasteiger partial charge < -0.3 is 19.6 Å². The molecule has 4 rings (SSSR count). The van der Waals surface area contributed by atoms with Crippen LogP contribution >= 0.6 is 0 Å². The van der Waals surface area contributed by atoms with Crippen molar-refractivity contribution < 1.29 is 19.1 Å². The molecule has 2 heterocycles. The maximum atomic E-state index is 13.3. The van der Waals surface area contributed by atoms with Crippen molar-refractivity contribution in [1.29, 1.82) is 0 Å². The molecule has 0 saturated carbocycles. The Bertz CT molecular complexity index is 1010. The number of oxazole rings is 1. The number of aromatic hydroxyl groups is 1. The minimum Gasteiger partial charge on any atom is -0.507 e. The fraction of sp³-hybridized carbons (Fsp3) is 0.538. The largest absolute Gasteiger partial charge is 0.507 e. The summed E-state index contributed by atoms with van der Waals surface area (Å²) in [6.45, 7) is 8.78. The Morgan fingerprint density at radius 2 is 2.16 bits per heavy atom. The molecule has 1 aliphatic carbocycles. The normalized spacial score (nSPS) is 21.2. The molecule has 32 heavy (non-hydrogen) atoms. The number of aryl methyl sites for hydroxylation is 1. The summed E-state index contributed by atoms with van der Waals surface area (Å²) in [5.74, 6) is 1.32. The van der Waals surface area contributed by atoms with E-state index < -0.39 is 0 Å². The monoisotopic (exact) mass is 438 g/mol. The summed E-state index contributed by atoms with van der Waals surface area (Å²) in [6.07, 6.45) is 11.0. The number of hydrogen-bond acceptors (Lipinski definition) is 5. The number of benzene rings is 1. The minimum atomic E-state index is -0.335. The average Bonchev–Trinajstić information content (AvgIpc) is 3.25. The second kappa shape index (κ2) is 9.00. The first-order valence-corrected chi connectivity index (χ1v) is 11.7. The van der Waals surface area contributed by atoms with E-state index in [9.17, 15) is 9.90 Å². The third kappa shape index (κ3) is 4.27. The number of phenolic OH excluding ortho intramolecular Hbond substituents is 1. The summed E-state index contributed by atoms with van der Waals surface area (Å²) in [4.78, 5) is 17.2. The molecule has 0 fully saturated rings. The number of amides is 1. The highest BCUT2D eigenvalue weighted by Crippen LogP contribution is 2.54. The molecule has 172 valence electrons. The highest BCUT2D eigenvalue weighted by atomic mass is 16.5. The lowest BCUT2D eigenvalue weighted by atomic mass is 9.67. The van der Waals surface area contributed by atoms with Crippen molar-refractivity contribution in [3.63, 3.8) is 0 Å². The first-order chi connectivity index (χ1) is 15.3. The molecule has 0 radical (unpaired) electrons. The van der Waals surface area contributed by atoms with Gasteiger partial charge in [0.2, 0.25) is 0 Å². The van der Waals surface area contributed by atoms with E-state index >= 15 is 0 Å². The van der Waals surface area contributed by atoms with Crippen LogP contribution in [0.4, 0.5) is 0 Å². The highest BCUT2D eigenvalue weighted by molar-refractivity contribution is 5.99. The number of phenols is 1. The molecule has 2 aliphatic rings. The SMILES string of the molecule is CCCCCc1cc2c(c(O)c1C(=O)NCc1cnco1)C1C=C(C)CCC1C(C)(C)O2. The van der Waals surface area contributed by atoms with Crippen molar-refractivity contribution in [2.45, 2.75) is 84.3 Å². The molecule has 2 atom stereocenters. The smallest absolute Gasteiger partial charge is 0.255 e. The van der Waals surface area contributed by atoms with Crippen molar-refractivity contribution in [3.8, 4) is 11.5 Å². The third-order valence-electron chi connectivity index (χ3n) is 6.91. The lowest BCUT2D eigenvalue weighted by molar-refractivity contribution is 0.0107. The predicted molar refractivity (Wildman–Crippen MR) is 123 cm³/mol. The molecule has 1 amide bonds. The van der Waals surface area contributed by atoms with Gasteiger partial charge in [-0.05, 0) is 58.1 Å². The second-order valence-electron chi connectivity index (χ2n) is 9.67. The number of aromatic nitrogens is 1. The summed E-state index contributed by atoms with van der Waals surface area (Å²) < 4.78 is 11.7. The van der Waals surface area contributed by atoms with Gasteiger partial charge in [-0.15, -0.1) is 0 Å². The van der Waals surface area contributed by atoms with Crippen molar-refractivity contribution >= 4 is 5.91 Å². The van der Waals surface area contributed by atoms with Gasteiger partial charge in [-0.25, -0.2) is 4.98 Å². The fourth-order valence-corrected chi connectivity index (χ4v) is 5.21. The van der Waals surface area contributed by atoms with Crippen LogP contribution in [0.1, 0.15) is 93.0 Å². The van der Waals surface area contributed by atoms with Crippen LogP contribution < -0.4 is 10.1 Å². The molecule has 0 saturated heterocycles. The van der Waals surface area contributed by atoms with Gasteiger partial charge >= 0.3 is 0 Å². The summed E-state index contributed by atoms with van der Waals surface area (Å²) in [5, 5.41) is 14.4. The van der Waals surface area contributed by atoms with Gasteiger partial charge in [0, 0.05) is 17.4 Å². The number of ether oxygens (including phenoxy) is 1. The number of carbonyl (C=O) groups is 1. The lowest BCUT2D eigenvalue weighted by Gasteiger charge is -2.46. The lowest BCUT2D eigenvalue weighted by Crippen LogP contribution is -2.45. The number of hydrogen-bond donors (Lipinski definition) is 2. The van der Waals surface area contributed by atoms with E-state index in [1.807, 2.05) is 6.07 Å². The van der Waals surface area contributed by atoms with Crippen LogP contribution in [-0.2, 0) is 13.0 Å². The van der Waals surface area contributed by atoms with E-state index in [0.717, 1.165) is 43.2 Å². The number of allylic oxidation sites excluding steroid dienone is 2. The summed E-state index contributed by atoms with van der Waals surface area (Å²) >= 11 is 0. The van der Waals surface area contributed by atoms with Crippen LogP contribution in [0.5, 0.6) is 11.5 Å². The van der Waals surface area contributed by atoms with Crippen LogP contribution in [0.25, 0.3) is 0 Å². The van der Waals surface area contributed by atoms with Gasteiger partial charge in [0.15, 0.2) is 6.39 Å². The first-order valence-electron chi connectivity index (χ1n) is 11.7. The van der Waals surface area contributed by atoms with E-state index in [1.54, 1.807) is 6.20 Å². The number of fused-ring (bicyclic) bond motifs is 3. The molecule has 2 unspecified atom stereocenters. The van der Waals surface area contributed by atoms with Gasteiger partial charge in [-0.1, -0.05) is 31.4 Å². The van der Waals surface area contributed by atoms with Gasteiger partial charge in [0.25, 0.3) is 5.91 Å². The van der Waals surface area contributed by atoms with E-state index in [2.05, 4.69) is 44.1 Å². The molecular weight excluding hydrogens is 404 g/mol. The standard InChI is InChI=1S/C26H34N2O4/c1-5-6-7-8-17-12-21-23(19-11-16(2)9-10-20(19)26(3,4)32-21)24(29)22(17)25(30)28-14-18-13-27-15-31-18/h11-13,15,19-20,29H,5-10,14H2,1-4H3,(H,28,30). The highest BCUT2D eigenvalue weighted by Gasteiger charge is 2.46. The van der Waals surface area contributed by atoms with Crippen LogP contribution in [0, 0.1) is 5.92 Å². The summed E-state index contributed by atoms with van der Waals surface area (Å²) in [6, 6.07) is 1.99. The molecule has 0 spiro atoms. The van der Waals surface area contributed by atoms with Crippen LogP contribution in [0.3, 0.4) is 0 Å². The van der Waals surface area contributed by atoms with E-state index in [0.29, 0.717) is 23.5 Å². The molecule has 2 aromatic rings. The molecule has 6 heteroatoms. The zero-order valence-corrected chi connectivity index (χ0v) is 19.5. The maximum Gasteiger partial charge on any atom is 0.255 e. The summed E-state index contributed by atoms with van der Waals surface area (Å²) in [7, 11) is 0. The Hall–Kier alpha value is -2.76. The van der Waals surface area contributed by atoms with Crippen molar-refractivity contribution in [1.82, 2.24) is 10.3 Å². The van der Waals surface area contributed by atoms with Crippen molar-refractivity contribution in [2.75, 3.05) is 0 Å². The third-order valence-corrected chi connectivity index (χ3v) is 6.91. The van der Waals surface area contributed by atoms with E-state index in [-0.39, 0.29) is 35.6 Å². The van der Waals surface area contributed by atoms with Gasteiger partial charge in [-0.2, -0.15) is 0 Å². The minimum absolute atomic E-state index is 0.0352. The maximum absolute atomic E-state index is 13.3. The second-order valence-corrected chi connectivity index (χ2v) is 9.67. The first kappa shape index (κ1) is 22.4. The number of rotatable bonds is 7. The van der Waals surface area contributed by atoms with Crippen LogP contribution in [0.15, 0.2) is 34.7 Å². The number of nitrogens with zero attached hydrogens (tertiary/aromatic N) is 1. The fourth-order valence-electron chi connectivity index (χ4n) is 5.21. The molecule has 1 aromatic carbocycles. The molecular formula is C26H34N2O4. The number of unbranched alkanes of at least 4 members (excludes halogenated alkanes) is 2. The van der Waals surface area contributed by atoms with E-state index in [1.165, 1.54) is 12.0 Å². The molecule has 1 aliphatic heterocycles. The molecule has 6 nitrogen and oxygen atoms in total. The summed E-state index contributed by atoms with van der Waals surface area (Å²) in [5.41, 5.74) is 2.92. The molecule has 2 N–H and O–H groups in total. The number of nitrogens with one attached hydrogen (secondary N) is 1. The zero-order valence-electron chi connectivity index (χ0n) is 19.5. The predicted octanol–water partition coefficient (Wildman–Crippen LogP) is 5.65. The Labute approximate surface area is 190 Å². The van der Waals surface area contributed by atoms with Gasteiger partial charge in [-0.3, -0.25) is 4.79 Å². The quantitative estimate of drug-likeness (QED) is 0.431. The van der Waals surface area contributed by atoms with Gasteiger partial charge in [0.1, 0.15) is 22.9 Å². The van der Waals surface area contributed by atoms with Gasteiger partial charge in [0.05, 0.1) is 18.3 Å². The van der Waals surface area contributed by atoms with Crippen molar-refractivity contribution in [3.05, 3.63) is 52.8 Å².